The molecule has 4 nitrogen and oxygen atoms in total. The molecule has 0 amide bonds. The molecule has 114 valence electrons. The van der Waals surface area contributed by atoms with E-state index in [1.807, 2.05) is 11.3 Å². The SMILES string of the molecule is CCCN1CCN(c2nc(CC)c(CNCC)s2)CC1. The first-order valence-corrected chi connectivity index (χ1v) is 8.76. The minimum atomic E-state index is 0.965. The minimum absolute atomic E-state index is 0.965. The van der Waals surface area contributed by atoms with E-state index in [1.165, 1.54) is 41.8 Å². The fourth-order valence-corrected chi connectivity index (χ4v) is 3.81. The van der Waals surface area contributed by atoms with Crippen LogP contribution in [-0.2, 0) is 13.0 Å². The third-order valence-corrected chi connectivity index (χ3v) is 4.98. The van der Waals surface area contributed by atoms with E-state index in [4.69, 9.17) is 4.98 Å². The van der Waals surface area contributed by atoms with Crippen molar-refractivity contribution in [1.29, 1.82) is 0 Å². The van der Waals surface area contributed by atoms with Crippen LogP contribution in [0.25, 0.3) is 0 Å². The number of piperazine rings is 1. The van der Waals surface area contributed by atoms with Gasteiger partial charge in [0, 0.05) is 37.6 Å². The van der Waals surface area contributed by atoms with Crippen LogP contribution in [-0.4, -0.2) is 49.2 Å². The number of nitrogens with zero attached hydrogens (tertiary/aromatic N) is 3. The molecule has 2 rings (SSSR count). The summed E-state index contributed by atoms with van der Waals surface area (Å²) in [5.41, 5.74) is 1.28. The molecule has 0 atom stereocenters. The summed E-state index contributed by atoms with van der Waals surface area (Å²) in [6, 6.07) is 0. The minimum Gasteiger partial charge on any atom is -0.346 e. The Morgan fingerprint density at radius 3 is 2.50 bits per heavy atom. The summed E-state index contributed by atoms with van der Waals surface area (Å²) < 4.78 is 0. The highest BCUT2D eigenvalue weighted by Gasteiger charge is 2.20. The zero-order valence-electron chi connectivity index (χ0n) is 13.1. The molecule has 0 saturated carbocycles. The third kappa shape index (κ3) is 3.93. The summed E-state index contributed by atoms with van der Waals surface area (Å²) in [7, 11) is 0. The van der Waals surface area contributed by atoms with Gasteiger partial charge in [0.15, 0.2) is 5.13 Å². The molecule has 1 saturated heterocycles. The van der Waals surface area contributed by atoms with Gasteiger partial charge in [-0.25, -0.2) is 4.98 Å². The number of thiazole rings is 1. The first-order valence-electron chi connectivity index (χ1n) is 7.95. The molecule has 0 aliphatic carbocycles. The fourth-order valence-electron chi connectivity index (χ4n) is 2.64. The molecular weight excluding hydrogens is 268 g/mol. The lowest BCUT2D eigenvalue weighted by atomic mass is 10.3. The lowest BCUT2D eigenvalue weighted by molar-refractivity contribution is 0.258. The Morgan fingerprint density at radius 2 is 1.90 bits per heavy atom. The maximum atomic E-state index is 4.86. The van der Waals surface area contributed by atoms with E-state index in [-0.39, 0.29) is 0 Å². The maximum absolute atomic E-state index is 4.86. The molecule has 1 aliphatic rings. The Kier molecular flexibility index (Phi) is 6.26. The second-order valence-electron chi connectivity index (χ2n) is 5.33. The van der Waals surface area contributed by atoms with Gasteiger partial charge < -0.3 is 10.2 Å². The lowest BCUT2D eigenvalue weighted by Gasteiger charge is -2.34. The monoisotopic (exact) mass is 296 g/mol. The van der Waals surface area contributed by atoms with Gasteiger partial charge in [0.1, 0.15) is 0 Å². The molecular formula is C15H28N4S. The summed E-state index contributed by atoms with van der Waals surface area (Å²) in [6.07, 6.45) is 2.29. The topological polar surface area (TPSA) is 31.4 Å². The van der Waals surface area contributed by atoms with E-state index < -0.39 is 0 Å². The van der Waals surface area contributed by atoms with Gasteiger partial charge in [0.05, 0.1) is 5.69 Å². The first-order chi connectivity index (χ1) is 9.78. The van der Waals surface area contributed by atoms with Crippen LogP contribution in [0.1, 0.15) is 37.8 Å². The van der Waals surface area contributed by atoms with Crippen molar-refractivity contribution in [2.75, 3.05) is 44.2 Å². The van der Waals surface area contributed by atoms with Gasteiger partial charge in [0.25, 0.3) is 0 Å². The molecule has 1 aromatic heterocycles. The van der Waals surface area contributed by atoms with Gasteiger partial charge in [-0.1, -0.05) is 20.8 Å². The van der Waals surface area contributed by atoms with E-state index in [2.05, 4.69) is 35.9 Å². The van der Waals surface area contributed by atoms with Crippen molar-refractivity contribution in [1.82, 2.24) is 15.2 Å². The first kappa shape index (κ1) is 15.7. The second-order valence-corrected chi connectivity index (χ2v) is 6.39. The molecule has 0 unspecified atom stereocenters. The molecule has 2 heterocycles. The van der Waals surface area contributed by atoms with Crippen LogP contribution in [0.15, 0.2) is 0 Å². The van der Waals surface area contributed by atoms with Crippen LogP contribution >= 0.6 is 11.3 Å². The highest BCUT2D eigenvalue weighted by molar-refractivity contribution is 7.15. The molecule has 5 heteroatoms. The van der Waals surface area contributed by atoms with Crippen molar-refractivity contribution in [3.05, 3.63) is 10.6 Å². The molecule has 0 aromatic carbocycles. The fraction of sp³-hybridized carbons (Fsp3) is 0.800. The van der Waals surface area contributed by atoms with Crippen molar-refractivity contribution in [3.63, 3.8) is 0 Å². The van der Waals surface area contributed by atoms with Gasteiger partial charge in [-0.15, -0.1) is 11.3 Å². The Bertz CT molecular complexity index is 397. The van der Waals surface area contributed by atoms with E-state index in [0.29, 0.717) is 0 Å². The zero-order valence-corrected chi connectivity index (χ0v) is 13.9. The molecule has 0 spiro atoms. The maximum Gasteiger partial charge on any atom is 0.185 e. The van der Waals surface area contributed by atoms with Gasteiger partial charge in [-0.2, -0.15) is 0 Å². The Hall–Kier alpha value is -0.650. The van der Waals surface area contributed by atoms with Crippen LogP contribution in [0.2, 0.25) is 0 Å². The molecule has 1 aliphatic heterocycles. The number of aryl methyl sites for hydroxylation is 1. The molecule has 1 N–H and O–H groups in total. The molecule has 1 fully saturated rings. The predicted molar refractivity (Wildman–Crippen MR) is 87.8 cm³/mol. The summed E-state index contributed by atoms with van der Waals surface area (Å²) in [5.74, 6) is 0. The summed E-state index contributed by atoms with van der Waals surface area (Å²) in [6.45, 7) is 14.4. The average molecular weight is 296 g/mol. The third-order valence-electron chi connectivity index (χ3n) is 3.82. The van der Waals surface area contributed by atoms with Crippen LogP contribution < -0.4 is 10.2 Å². The van der Waals surface area contributed by atoms with Crippen molar-refractivity contribution < 1.29 is 0 Å². The highest BCUT2D eigenvalue weighted by Crippen LogP contribution is 2.27. The summed E-state index contributed by atoms with van der Waals surface area (Å²) in [5, 5.41) is 4.65. The Balaban J connectivity index is 1.97. The molecule has 20 heavy (non-hydrogen) atoms. The Labute approximate surface area is 127 Å². The number of hydrogen-bond acceptors (Lipinski definition) is 5. The van der Waals surface area contributed by atoms with Gasteiger partial charge >= 0.3 is 0 Å². The zero-order chi connectivity index (χ0) is 14.4. The molecule has 1 aromatic rings. The number of anilines is 1. The number of aromatic nitrogens is 1. The smallest absolute Gasteiger partial charge is 0.185 e. The largest absolute Gasteiger partial charge is 0.346 e. The molecule has 0 bridgehead atoms. The predicted octanol–water partition coefficient (Wildman–Crippen LogP) is 2.35. The standard InChI is InChI=1S/C15H28N4S/c1-4-7-18-8-10-19(11-9-18)15-17-13(5-2)14(20-15)12-16-6-3/h16H,4-12H2,1-3H3. The van der Waals surface area contributed by atoms with Crippen molar-refractivity contribution in [2.24, 2.45) is 0 Å². The average Bonchev–Trinajstić information content (AvgIpc) is 2.89. The van der Waals surface area contributed by atoms with Crippen LogP contribution in [0, 0.1) is 0 Å². The van der Waals surface area contributed by atoms with Gasteiger partial charge in [-0.3, -0.25) is 4.90 Å². The summed E-state index contributed by atoms with van der Waals surface area (Å²) in [4.78, 5) is 11.3. The highest BCUT2D eigenvalue weighted by atomic mass is 32.1. The normalized spacial score (nSPS) is 16.9. The van der Waals surface area contributed by atoms with E-state index in [0.717, 1.165) is 32.6 Å². The van der Waals surface area contributed by atoms with E-state index in [9.17, 15) is 0 Å². The second kappa shape index (κ2) is 7.96. The van der Waals surface area contributed by atoms with Crippen LogP contribution in [0.5, 0.6) is 0 Å². The van der Waals surface area contributed by atoms with Crippen molar-refractivity contribution in [2.45, 2.75) is 40.2 Å². The van der Waals surface area contributed by atoms with Crippen LogP contribution in [0.4, 0.5) is 5.13 Å². The van der Waals surface area contributed by atoms with E-state index >= 15 is 0 Å². The number of rotatable bonds is 7. The quantitative estimate of drug-likeness (QED) is 0.837. The number of nitrogens with one attached hydrogen (secondary N) is 1. The van der Waals surface area contributed by atoms with Gasteiger partial charge in [0.2, 0.25) is 0 Å². The van der Waals surface area contributed by atoms with Crippen molar-refractivity contribution >= 4 is 16.5 Å². The number of hydrogen-bond donors (Lipinski definition) is 1. The van der Waals surface area contributed by atoms with E-state index in [1.54, 1.807) is 0 Å². The lowest BCUT2D eigenvalue weighted by Crippen LogP contribution is -2.46. The van der Waals surface area contributed by atoms with Gasteiger partial charge in [-0.05, 0) is 25.9 Å². The van der Waals surface area contributed by atoms with Crippen molar-refractivity contribution in [3.8, 4) is 0 Å². The Morgan fingerprint density at radius 1 is 1.15 bits per heavy atom. The summed E-state index contributed by atoms with van der Waals surface area (Å²) >= 11 is 1.88. The van der Waals surface area contributed by atoms with Crippen LogP contribution in [0.3, 0.4) is 0 Å². The molecule has 0 radical (unpaired) electrons.